The van der Waals surface area contributed by atoms with Crippen LogP contribution >= 0.6 is 0 Å². The summed E-state index contributed by atoms with van der Waals surface area (Å²) in [6.07, 6.45) is 11.3. The number of aromatic nitrogens is 4. The van der Waals surface area contributed by atoms with Gasteiger partial charge in [0.1, 0.15) is 12.1 Å². The molecule has 0 spiro atoms. The fourth-order valence-corrected chi connectivity index (χ4v) is 5.99. The Balaban J connectivity index is 1.31. The zero-order valence-corrected chi connectivity index (χ0v) is 20.2. The van der Waals surface area contributed by atoms with E-state index in [1.807, 2.05) is 24.5 Å². The molecule has 0 amide bonds. The Labute approximate surface area is 208 Å². The second-order valence-electron chi connectivity index (χ2n) is 10.2. The summed E-state index contributed by atoms with van der Waals surface area (Å²) in [5.74, 6) is 0.0487. The van der Waals surface area contributed by atoms with E-state index in [-0.39, 0.29) is 17.0 Å². The number of hydrogen-bond donors (Lipinski definition) is 1. The van der Waals surface area contributed by atoms with E-state index in [9.17, 15) is 4.79 Å². The Kier molecular flexibility index (Phi) is 4.84. The fourth-order valence-electron chi connectivity index (χ4n) is 5.99. The lowest BCUT2D eigenvalue weighted by atomic mass is 9.85. The molecule has 0 aliphatic heterocycles. The smallest absolute Gasteiger partial charge is 0.261 e. The number of nitrogens with zero attached hydrogens (tertiary/aromatic N) is 3. The Morgan fingerprint density at radius 2 is 2.00 bits per heavy atom. The van der Waals surface area contributed by atoms with Gasteiger partial charge in [-0.2, -0.15) is 0 Å². The Hall–Kier alpha value is -3.80. The van der Waals surface area contributed by atoms with Crippen LogP contribution in [0.4, 0.5) is 4.39 Å². The van der Waals surface area contributed by atoms with Gasteiger partial charge in [0.25, 0.3) is 5.56 Å². The molecule has 0 bridgehead atoms. The molecule has 6 heteroatoms. The van der Waals surface area contributed by atoms with Gasteiger partial charge in [0.15, 0.2) is 0 Å². The molecule has 1 fully saturated rings. The van der Waals surface area contributed by atoms with Gasteiger partial charge in [-0.05, 0) is 84.7 Å². The number of fused-ring (bicyclic) bond motifs is 3. The first-order chi connectivity index (χ1) is 17.6. The van der Waals surface area contributed by atoms with Crippen molar-refractivity contribution < 1.29 is 4.39 Å². The molecule has 1 saturated carbocycles. The zero-order valence-electron chi connectivity index (χ0n) is 20.2. The van der Waals surface area contributed by atoms with Crippen molar-refractivity contribution in [2.45, 2.75) is 57.4 Å². The van der Waals surface area contributed by atoms with Crippen molar-refractivity contribution >= 4 is 21.7 Å². The van der Waals surface area contributed by atoms with Crippen molar-refractivity contribution in [3.8, 4) is 11.3 Å². The summed E-state index contributed by atoms with van der Waals surface area (Å²) in [6.45, 7) is 2.11. The lowest BCUT2D eigenvalue weighted by Crippen LogP contribution is -2.28. The van der Waals surface area contributed by atoms with E-state index >= 15 is 4.39 Å². The molecule has 2 aromatic carbocycles. The molecule has 2 aliphatic carbocycles. The highest BCUT2D eigenvalue weighted by Gasteiger charge is 2.27. The van der Waals surface area contributed by atoms with E-state index in [0.717, 1.165) is 77.5 Å². The van der Waals surface area contributed by atoms with Gasteiger partial charge in [-0.1, -0.05) is 25.1 Å². The van der Waals surface area contributed by atoms with Crippen LogP contribution in [0.5, 0.6) is 0 Å². The van der Waals surface area contributed by atoms with Crippen molar-refractivity contribution in [1.29, 1.82) is 0 Å². The normalized spacial score (nSPS) is 17.6. The summed E-state index contributed by atoms with van der Waals surface area (Å²) >= 11 is 0. The quantitative estimate of drug-likeness (QED) is 0.323. The first kappa shape index (κ1) is 21.5. The van der Waals surface area contributed by atoms with Crippen LogP contribution in [0, 0.1) is 5.82 Å². The summed E-state index contributed by atoms with van der Waals surface area (Å²) in [5, 5.41) is 1.93. The Morgan fingerprint density at radius 3 is 2.83 bits per heavy atom. The third-order valence-corrected chi connectivity index (χ3v) is 8.00. The minimum Gasteiger partial charge on any atom is -0.363 e. The minimum absolute atomic E-state index is 0.105. The number of benzene rings is 2. The van der Waals surface area contributed by atoms with Crippen LogP contribution in [0.1, 0.15) is 67.0 Å². The van der Waals surface area contributed by atoms with E-state index in [1.165, 1.54) is 5.56 Å². The second kappa shape index (κ2) is 8.12. The summed E-state index contributed by atoms with van der Waals surface area (Å²) in [7, 11) is 0. The maximum atomic E-state index is 15.1. The van der Waals surface area contributed by atoms with E-state index in [0.29, 0.717) is 11.3 Å². The predicted molar refractivity (Wildman–Crippen MR) is 140 cm³/mol. The summed E-state index contributed by atoms with van der Waals surface area (Å²) in [6, 6.07) is 11.8. The average Bonchev–Trinajstić information content (AvgIpc) is 3.67. The molecule has 5 aromatic rings. The number of H-pyrrole nitrogens is 1. The highest BCUT2D eigenvalue weighted by atomic mass is 19.1. The van der Waals surface area contributed by atoms with E-state index < -0.39 is 5.82 Å². The van der Waals surface area contributed by atoms with Gasteiger partial charge in [-0.3, -0.25) is 4.79 Å². The first-order valence-corrected chi connectivity index (χ1v) is 12.9. The summed E-state index contributed by atoms with van der Waals surface area (Å²) < 4.78 is 16.8. The summed E-state index contributed by atoms with van der Waals surface area (Å²) in [5.41, 5.74) is 7.16. The molecule has 3 heterocycles. The van der Waals surface area contributed by atoms with Crippen LogP contribution in [0.25, 0.3) is 32.9 Å². The Bertz CT molecular complexity index is 1710. The van der Waals surface area contributed by atoms with Gasteiger partial charge in [0, 0.05) is 29.0 Å². The van der Waals surface area contributed by atoms with Gasteiger partial charge in [-0.25, -0.2) is 14.4 Å². The highest BCUT2D eigenvalue weighted by Crippen LogP contribution is 2.41. The predicted octanol–water partition coefficient (Wildman–Crippen LogP) is 6.44. The van der Waals surface area contributed by atoms with Crippen LogP contribution in [-0.4, -0.2) is 19.5 Å². The highest BCUT2D eigenvalue weighted by molar-refractivity contribution is 5.93. The molecule has 3 aromatic heterocycles. The maximum absolute atomic E-state index is 15.1. The van der Waals surface area contributed by atoms with Gasteiger partial charge < -0.3 is 9.55 Å². The van der Waals surface area contributed by atoms with Crippen molar-refractivity contribution in [2.75, 3.05) is 0 Å². The van der Waals surface area contributed by atoms with Crippen molar-refractivity contribution in [1.82, 2.24) is 19.5 Å². The van der Waals surface area contributed by atoms with Crippen LogP contribution in [0.3, 0.4) is 0 Å². The Morgan fingerprint density at radius 1 is 1.11 bits per heavy atom. The molecular weight excluding hydrogens is 451 g/mol. The number of aromatic amines is 1. The fraction of sp³-hybridized carbons (Fsp3) is 0.300. The number of pyridine rings is 1. The van der Waals surface area contributed by atoms with Crippen molar-refractivity contribution in [3.63, 3.8) is 0 Å². The monoisotopic (exact) mass is 478 g/mol. The molecule has 7 rings (SSSR count). The van der Waals surface area contributed by atoms with E-state index in [2.05, 4.69) is 40.1 Å². The molecule has 0 radical (unpaired) electrons. The SMILES string of the molecule is CCc1[nH]cc2c(-c3ccc4c(c3)CCCC4n3ccc4cc(C5CC5)cc(F)c4c3=O)ncnc12. The van der Waals surface area contributed by atoms with Gasteiger partial charge >= 0.3 is 0 Å². The number of nitrogens with one attached hydrogen (secondary N) is 1. The average molecular weight is 479 g/mol. The molecule has 1 atom stereocenters. The molecular formula is C30H27FN4O. The van der Waals surface area contributed by atoms with Crippen LogP contribution in [0.2, 0.25) is 0 Å². The first-order valence-electron chi connectivity index (χ1n) is 12.9. The molecule has 1 N–H and O–H groups in total. The zero-order chi connectivity index (χ0) is 24.4. The largest absolute Gasteiger partial charge is 0.363 e. The van der Waals surface area contributed by atoms with Crippen LogP contribution in [-0.2, 0) is 12.8 Å². The van der Waals surface area contributed by atoms with Gasteiger partial charge in [0.05, 0.1) is 22.6 Å². The number of halogens is 1. The minimum atomic E-state index is -0.397. The lowest BCUT2D eigenvalue weighted by Gasteiger charge is -2.28. The molecule has 5 nitrogen and oxygen atoms in total. The molecule has 2 aliphatic rings. The summed E-state index contributed by atoms with van der Waals surface area (Å²) in [4.78, 5) is 25.9. The topological polar surface area (TPSA) is 63.6 Å². The molecule has 180 valence electrons. The number of rotatable bonds is 4. The van der Waals surface area contributed by atoms with E-state index in [1.54, 1.807) is 17.0 Å². The van der Waals surface area contributed by atoms with Crippen molar-refractivity contribution in [3.05, 3.63) is 93.7 Å². The second-order valence-corrected chi connectivity index (χ2v) is 10.2. The maximum Gasteiger partial charge on any atom is 0.261 e. The third kappa shape index (κ3) is 3.31. The van der Waals surface area contributed by atoms with Gasteiger partial charge in [0.2, 0.25) is 0 Å². The van der Waals surface area contributed by atoms with Crippen LogP contribution < -0.4 is 5.56 Å². The standard InChI is InChI=1S/C30H27FN4O/c1-2-25-29-23(15-32-25)28(33-16-34-29)20-8-9-22-18(12-20)4-3-5-26(22)35-11-10-19-13-21(17-6-7-17)14-24(31)27(19)30(35)36/h8-17,26,32H,2-7H2,1H3. The molecule has 0 saturated heterocycles. The van der Waals surface area contributed by atoms with Gasteiger partial charge in [-0.15, -0.1) is 0 Å². The molecule has 1 unspecified atom stereocenters. The lowest BCUT2D eigenvalue weighted by molar-refractivity contribution is 0.479. The van der Waals surface area contributed by atoms with Crippen molar-refractivity contribution in [2.24, 2.45) is 0 Å². The number of hydrogen-bond acceptors (Lipinski definition) is 3. The van der Waals surface area contributed by atoms with Crippen LogP contribution in [0.15, 0.2) is 59.9 Å². The molecule has 36 heavy (non-hydrogen) atoms. The third-order valence-electron chi connectivity index (χ3n) is 8.00. The number of aryl methyl sites for hydroxylation is 2. The van der Waals surface area contributed by atoms with E-state index in [4.69, 9.17) is 0 Å².